The topological polar surface area (TPSA) is 58.1 Å². The molecule has 5 nitrogen and oxygen atoms in total. The largest absolute Gasteiger partial charge is 0.323 e. The van der Waals surface area contributed by atoms with Crippen molar-refractivity contribution in [2.24, 2.45) is 0 Å². The molecule has 0 aliphatic rings. The van der Waals surface area contributed by atoms with Gasteiger partial charge in [0.05, 0.1) is 0 Å². The van der Waals surface area contributed by atoms with Gasteiger partial charge in [0.25, 0.3) is 0 Å². The van der Waals surface area contributed by atoms with Crippen LogP contribution in [0.15, 0.2) is 54.2 Å². The normalized spacial score (nSPS) is 10.4. The number of aryl methyl sites for hydroxylation is 1. The second-order valence-electron chi connectivity index (χ2n) is 5.51. The van der Waals surface area contributed by atoms with Crippen LogP contribution in [0.4, 0.5) is 10.5 Å². The zero-order chi connectivity index (χ0) is 16.9. The lowest BCUT2D eigenvalue weighted by molar-refractivity contribution is 0.220. The molecule has 24 heavy (non-hydrogen) atoms. The summed E-state index contributed by atoms with van der Waals surface area (Å²) in [5.74, 6) is 0. The van der Waals surface area contributed by atoms with Crippen LogP contribution in [-0.4, -0.2) is 27.9 Å². The summed E-state index contributed by atoms with van der Waals surface area (Å²) in [5.41, 5.74) is 3.87. The maximum atomic E-state index is 12.3. The summed E-state index contributed by atoms with van der Waals surface area (Å²) < 4.78 is 0. The lowest BCUT2D eigenvalue weighted by Gasteiger charge is -2.18. The highest BCUT2D eigenvalue weighted by Crippen LogP contribution is 2.24. The van der Waals surface area contributed by atoms with Gasteiger partial charge >= 0.3 is 6.03 Å². The first-order chi connectivity index (χ1) is 11.6. The molecule has 0 aliphatic carbocycles. The number of thiazole rings is 1. The number of hydrogen-bond acceptors (Lipinski definition) is 4. The van der Waals surface area contributed by atoms with E-state index in [1.165, 1.54) is 0 Å². The zero-order valence-electron chi connectivity index (χ0n) is 13.6. The third-order valence-corrected chi connectivity index (χ3v) is 4.53. The van der Waals surface area contributed by atoms with Crippen LogP contribution in [0.3, 0.4) is 0 Å². The van der Waals surface area contributed by atoms with Crippen LogP contribution < -0.4 is 5.32 Å². The first kappa shape index (κ1) is 16.1. The Morgan fingerprint density at radius 2 is 1.88 bits per heavy atom. The molecule has 0 aliphatic heterocycles. The number of rotatable bonds is 4. The fourth-order valence-corrected chi connectivity index (χ4v) is 3.04. The molecule has 0 saturated heterocycles. The van der Waals surface area contributed by atoms with Gasteiger partial charge in [0, 0.05) is 48.3 Å². The van der Waals surface area contributed by atoms with Crippen molar-refractivity contribution < 1.29 is 4.79 Å². The Kier molecular flexibility index (Phi) is 4.86. The van der Waals surface area contributed by atoms with E-state index in [-0.39, 0.29) is 6.03 Å². The van der Waals surface area contributed by atoms with Gasteiger partial charge in [-0.2, -0.15) is 0 Å². The molecule has 0 unspecified atom stereocenters. The van der Waals surface area contributed by atoms with E-state index >= 15 is 0 Å². The molecule has 1 N–H and O–H groups in total. The van der Waals surface area contributed by atoms with Crippen molar-refractivity contribution in [1.29, 1.82) is 0 Å². The molecule has 0 atom stereocenters. The summed E-state index contributed by atoms with van der Waals surface area (Å²) in [6.07, 6.45) is 3.44. The second-order valence-corrected chi connectivity index (χ2v) is 6.37. The SMILES string of the molecule is Cc1csc(-c2ccc(NC(=O)N(C)Cc3ccncc3)cc2)n1. The molecule has 0 bridgehead atoms. The van der Waals surface area contributed by atoms with Crippen LogP contribution in [0.25, 0.3) is 10.6 Å². The maximum absolute atomic E-state index is 12.3. The number of carbonyl (C=O) groups excluding carboxylic acids is 1. The quantitative estimate of drug-likeness (QED) is 0.776. The van der Waals surface area contributed by atoms with E-state index in [4.69, 9.17) is 0 Å². The molecule has 122 valence electrons. The van der Waals surface area contributed by atoms with Gasteiger partial charge in [0.2, 0.25) is 0 Å². The predicted molar refractivity (Wildman–Crippen MR) is 97.0 cm³/mol. The smallest absolute Gasteiger partial charge is 0.321 e. The summed E-state index contributed by atoms with van der Waals surface area (Å²) in [6.45, 7) is 2.51. The van der Waals surface area contributed by atoms with Gasteiger partial charge in [-0.25, -0.2) is 9.78 Å². The lowest BCUT2D eigenvalue weighted by Crippen LogP contribution is -2.30. The van der Waals surface area contributed by atoms with Gasteiger partial charge in [-0.05, 0) is 48.9 Å². The van der Waals surface area contributed by atoms with Gasteiger partial charge in [0.1, 0.15) is 5.01 Å². The monoisotopic (exact) mass is 338 g/mol. The number of hydrogen-bond donors (Lipinski definition) is 1. The van der Waals surface area contributed by atoms with E-state index in [9.17, 15) is 4.79 Å². The highest BCUT2D eigenvalue weighted by molar-refractivity contribution is 7.13. The summed E-state index contributed by atoms with van der Waals surface area (Å²) in [5, 5.41) is 5.91. The van der Waals surface area contributed by atoms with E-state index < -0.39 is 0 Å². The highest BCUT2D eigenvalue weighted by Gasteiger charge is 2.10. The standard InChI is InChI=1S/C18H18N4OS/c1-13-12-24-17(20-13)15-3-5-16(6-4-15)21-18(23)22(2)11-14-7-9-19-10-8-14/h3-10,12H,11H2,1-2H3,(H,21,23). The molecule has 3 aromatic rings. The van der Waals surface area contributed by atoms with Crippen molar-refractivity contribution in [3.8, 4) is 10.6 Å². The second kappa shape index (κ2) is 7.23. The number of nitrogens with one attached hydrogen (secondary N) is 1. The third-order valence-electron chi connectivity index (χ3n) is 3.52. The number of benzene rings is 1. The van der Waals surface area contributed by atoms with Crippen LogP contribution in [0.1, 0.15) is 11.3 Å². The summed E-state index contributed by atoms with van der Waals surface area (Å²) in [6, 6.07) is 11.4. The molecular formula is C18H18N4OS. The first-order valence-electron chi connectivity index (χ1n) is 7.55. The fraction of sp³-hybridized carbons (Fsp3) is 0.167. The first-order valence-corrected chi connectivity index (χ1v) is 8.43. The summed E-state index contributed by atoms with van der Waals surface area (Å²) >= 11 is 1.62. The molecule has 0 fully saturated rings. The van der Waals surface area contributed by atoms with E-state index in [2.05, 4.69) is 15.3 Å². The van der Waals surface area contributed by atoms with Gasteiger partial charge in [-0.1, -0.05) is 0 Å². The van der Waals surface area contributed by atoms with Gasteiger partial charge in [-0.3, -0.25) is 4.98 Å². The number of urea groups is 1. The van der Waals surface area contributed by atoms with Crippen molar-refractivity contribution in [2.75, 3.05) is 12.4 Å². The predicted octanol–water partition coefficient (Wildman–Crippen LogP) is 4.18. The average Bonchev–Trinajstić information content (AvgIpc) is 3.03. The molecule has 1 aromatic carbocycles. The van der Waals surface area contributed by atoms with Gasteiger partial charge < -0.3 is 10.2 Å². The minimum Gasteiger partial charge on any atom is -0.323 e. The molecule has 2 amide bonds. The number of anilines is 1. The molecular weight excluding hydrogens is 320 g/mol. The number of aromatic nitrogens is 2. The molecule has 2 aromatic heterocycles. The van der Waals surface area contributed by atoms with Gasteiger partial charge in [-0.15, -0.1) is 11.3 Å². The Morgan fingerprint density at radius 1 is 1.17 bits per heavy atom. The van der Waals surface area contributed by atoms with Crippen LogP contribution in [0.5, 0.6) is 0 Å². The molecule has 2 heterocycles. The average molecular weight is 338 g/mol. The van der Waals surface area contributed by atoms with Crippen molar-refractivity contribution in [3.05, 3.63) is 65.4 Å². The van der Waals surface area contributed by atoms with Crippen LogP contribution >= 0.6 is 11.3 Å². The Labute approximate surface area is 145 Å². The number of amides is 2. The van der Waals surface area contributed by atoms with Crippen molar-refractivity contribution in [1.82, 2.24) is 14.9 Å². The number of pyridine rings is 1. The minimum atomic E-state index is -0.148. The molecule has 0 radical (unpaired) electrons. The van der Waals surface area contributed by atoms with E-state index in [0.29, 0.717) is 6.54 Å². The van der Waals surface area contributed by atoms with Crippen molar-refractivity contribution in [2.45, 2.75) is 13.5 Å². The lowest BCUT2D eigenvalue weighted by atomic mass is 10.2. The summed E-state index contributed by atoms with van der Waals surface area (Å²) in [4.78, 5) is 22.3. The number of nitrogens with zero attached hydrogens (tertiary/aromatic N) is 3. The fourth-order valence-electron chi connectivity index (χ4n) is 2.24. The molecule has 0 spiro atoms. The van der Waals surface area contributed by atoms with Crippen LogP contribution in [0.2, 0.25) is 0 Å². The number of carbonyl (C=O) groups is 1. The Balaban J connectivity index is 1.62. The third kappa shape index (κ3) is 3.97. The van der Waals surface area contributed by atoms with Crippen molar-refractivity contribution in [3.63, 3.8) is 0 Å². The van der Waals surface area contributed by atoms with E-state index in [1.54, 1.807) is 35.7 Å². The van der Waals surface area contributed by atoms with Crippen LogP contribution in [-0.2, 0) is 6.54 Å². The van der Waals surface area contributed by atoms with Crippen molar-refractivity contribution >= 4 is 23.1 Å². The minimum absolute atomic E-state index is 0.148. The molecule has 0 saturated carbocycles. The van der Waals surface area contributed by atoms with E-state index in [0.717, 1.165) is 27.5 Å². The van der Waals surface area contributed by atoms with Crippen LogP contribution in [0, 0.1) is 6.92 Å². The Bertz CT molecular complexity index is 815. The summed E-state index contributed by atoms with van der Waals surface area (Å²) in [7, 11) is 1.77. The molecule has 6 heteroatoms. The Hall–Kier alpha value is -2.73. The Morgan fingerprint density at radius 3 is 2.50 bits per heavy atom. The zero-order valence-corrected chi connectivity index (χ0v) is 14.4. The molecule has 3 rings (SSSR count). The van der Waals surface area contributed by atoms with Gasteiger partial charge in [0.15, 0.2) is 0 Å². The maximum Gasteiger partial charge on any atom is 0.321 e. The highest BCUT2D eigenvalue weighted by atomic mass is 32.1. The van der Waals surface area contributed by atoms with E-state index in [1.807, 2.05) is 48.7 Å².